The Morgan fingerprint density at radius 2 is 0.611 bits per heavy atom. The molecule has 500 valence electrons. The summed E-state index contributed by atoms with van der Waals surface area (Å²) in [4.78, 5) is 14.3. The van der Waals surface area contributed by atoms with Crippen LogP contribution in [0.2, 0.25) is 0 Å². The molecule has 0 bridgehead atoms. The lowest BCUT2D eigenvalue weighted by Gasteiger charge is -2.19. The smallest absolute Gasteiger partial charge is 0.187 e. The zero-order chi connectivity index (χ0) is 71.0. The fraction of sp³-hybridized carbons (Fsp3) is 0. The molecule has 0 fully saturated rings. The summed E-state index contributed by atoms with van der Waals surface area (Å²) in [7, 11) is 0. The molecule has 0 saturated heterocycles. The average Bonchev–Trinajstić information content (AvgIpc) is 1.55. The van der Waals surface area contributed by atoms with E-state index in [1.807, 2.05) is 103 Å². The van der Waals surface area contributed by atoms with Crippen molar-refractivity contribution in [1.82, 2.24) is 28.2 Å². The standard InChI is InChI=1S/2C48H26N4O2/c1-49-29-12-10-11-28(27-29)30-25-26-50-48(52-38-18-7-3-16-36(38)44-40(52)24-22-34-32-14-5-9-20-42(32)54-47(34)44)45(30)51-37-17-6-2-15-35(37)43-39(51)23-21-33-31-13-4-8-19-41(31)53-46(33)43;49-27-28-17-19-29(20-18-28)30-25-26-50-48(52-38-14-6-2-12-36(38)44-40(52)24-22-34-32-10-4-8-16-42(32)54-47(34)44)45(30)51-37-13-5-1-11-35(37)43-39(51)23-21-33-31-9-3-7-15-41(31)53-46(33)43/h2-27H;1-26H. The third kappa shape index (κ3) is 8.30. The van der Waals surface area contributed by atoms with Gasteiger partial charge in [0.25, 0.3) is 0 Å². The van der Waals surface area contributed by atoms with Crippen LogP contribution in [-0.2, 0) is 0 Å². The Morgan fingerprint density at radius 1 is 0.287 bits per heavy atom. The zero-order valence-electron chi connectivity index (χ0n) is 57.2. The van der Waals surface area contributed by atoms with E-state index in [-0.39, 0.29) is 0 Å². The Balaban J connectivity index is 0.000000130. The maximum Gasteiger partial charge on any atom is 0.187 e. The van der Waals surface area contributed by atoms with E-state index in [0.29, 0.717) is 11.3 Å². The first kappa shape index (κ1) is 59.3. The predicted octanol–water partition coefficient (Wildman–Crippen LogP) is 25.9. The molecule has 0 unspecified atom stereocenters. The Bertz CT molecular complexity index is 8110. The van der Waals surface area contributed by atoms with E-state index in [9.17, 15) is 5.26 Å². The molecule has 12 heteroatoms. The Kier molecular flexibility index (Phi) is 12.4. The van der Waals surface area contributed by atoms with Crippen LogP contribution >= 0.6 is 0 Å². The van der Waals surface area contributed by atoms with Gasteiger partial charge >= 0.3 is 0 Å². The molecule has 0 aliphatic heterocycles. The highest BCUT2D eigenvalue weighted by molar-refractivity contribution is 6.28. The molecule has 0 atom stereocenters. The van der Waals surface area contributed by atoms with Crippen molar-refractivity contribution in [3.8, 4) is 51.3 Å². The van der Waals surface area contributed by atoms with Gasteiger partial charge in [-0.15, -0.1) is 0 Å². The molecule has 24 aromatic rings. The first-order valence-electron chi connectivity index (χ1n) is 35.8. The maximum atomic E-state index is 9.69. The van der Waals surface area contributed by atoms with Crippen LogP contribution < -0.4 is 0 Å². The van der Waals surface area contributed by atoms with Crippen molar-refractivity contribution in [3.05, 3.63) is 333 Å². The number of rotatable bonds is 6. The van der Waals surface area contributed by atoms with E-state index < -0.39 is 0 Å². The van der Waals surface area contributed by atoms with Crippen molar-refractivity contribution in [3.63, 3.8) is 0 Å². The van der Waals surface area contributed by atoms with Gasteiger partial charge < -0.3 is 26.8 Å². The normalized spacial score (nSPS) is 12.1. The van der Waals surface area contributed by atoms with Gasteiger partial charge in [0.05, 0.1) is 95.3 Å². The quantitative estimate of drug-likeness (QED) is 0.152. The van der Waals surface area contributed by atoms with Crippen molar-refractivity contribution in [2.75, 3.05) is 0 Å². The van der Waals surface area contributed by atoms with E-state index in [2.05, 4.69) is 242 Å². The van der Waals surface area contributed by atoms with Crippen LogP contribution in [0.3, 0.4) is 0 Å². The molecule has 0 saturated carbocycles. The summed E-state index contributed by atoms with van der Waals surface area (Å²) >= 11 is 0. The highest BCUT2D eigenvalue weighted by atomic mass is 16.3. The number of furan rings is 4. The van der Waals surface area contributed by atoms with Crippen molar-refractivity contribution < 1.29 is 17.7 Å². The summed E-state index contributed by atoms with van der Waals surface area (Å²) in [6, 6.07) is 106. The number of hydrogen-bond acceptors (Lipinski definition) is 7. The van der Waals surface area contributed by atoms with Gasteiger partial charge in [-0.1, -0.05) is 176 Å². The van der Waals surface area contributed by atoms with Crippen LogP contribution in [0.1, 0.15) is 5.56 Å². The van der Waals surface area contributed by atoms with Crippen LogP contribution in [0.4, 0.5) is 5.69 Å². The van der Waals surface area contributed by atoms with Gasteiger partial charge in [0, 0.05) is 88.2 Å². The molecule has 0 aliphatic carbocycles. The fourth-order valence-electron chi connectivity index (χ4n) is 17.5. The van der Waals surface area contributed by atoms with Crippen LogP contribution in [0, 0.1) is 17.9 Å². The SMILES string of the molecule is N#Cc1ccc(-c2ccnc(-n3c4ccccc4c4c5oc6ccccc6c5ccc43)c2-n2c3ccccc3c3c4oc5ccccc5c4ccc32)cc1.[C-]#[N+]c1cccc(-c2ccnc(-n3c4ccccc4c4c5oc6ccccc6c5ccc43)c2-n2c3ccccc3c3c4oc5ccccc5c4ccc32)c1. The highest BCUT2D eigenvalue weighted by Crippen LogP contribution is 2.50. The van der Waals surface area contributed by atoms with Crippen molar-refractivity contribution in [1.29, 1.82) is 5.26 Å². The molecule has 24 rings (SSSR count). The topological polar surface area (TPSA) is 126 Å². The number of nitriles is 1. The number of pyridine rings is 2. The van der Waals surface area contributed by atoms with Crippen LogP contribution in [-0.4, -0.2) is 28.2 Å². The summed E-state index contributed by atoms with van der Waals surface area (Å²) in [5, 5.41) is 26.9. The second-order valence-electron chi connectivity index (χ2n) is 27.6. The van der Waals surface area contributed by atoms with Gasteiger partial charge in [0.1, 0.15) is 44.7 Å². The van der Waals surface area contributed by atoms with Crippen LogP contribution in [0.5, 0.6) is 0 Å². The first-order valence-corrected chi connectivity index (χ1v) is 35.8. The van der Waals surface area contributed by atoms with Crippen molar-refractivity contribution in [2.45, 2.75) is 0 Å². The molecule has 108 heavy (non-hydrogen) atoms. The monoisotopic (exact) mass is 1380 g/mol. The Hall–Kier alpha value is -15.2. The fourth-order valence-corrected chi connectivity index (χ4v) is 17.5. The minimum absolute atomic E-state index is 0.576. The zero-order valence-corrected chi connectivity index (χ0v) is 57.2. The van der Waals surface area contributed by atoms with E-state index in [1.165, 1.54) is 0 Å². The summed E-state index contributed by atoms with van der Waals surface area (Å²) in [6.07, 6.45) is 3.77. The van der Waals surface area contributed by atoms with Gasteiger partial charge in [-0.25, -0.2) is 14.8 Å². The minimum atomic E-state index is 0.576. The largest absolute Gasteiger partial charge is 0.455 e. The van der Waals surface area contributed by atoms with Gasteiger partial charge in [0.2, 0.25) is 0 Å². The molecule has 0 amide bonds. The predicted molar refractivity (Wildman–Crippen MR) is 437 cm³/mol. The first-order chi connectivity index (χ1) is 53.5. The molecule has 0 spiro atoms. The second kappa shape index (κ2) is 22.6. The minimum Gasteiger partial charge on any atom is -0.455 e. The summed E-state index contributed by atoms with van der Waals surface area (Å²) in [5.41, 5.74) is 21.8. The van der Waals surface area contributed by atoms with E-state index in [4.69, 9.17) is 34.2 Å². The van der Waals surface area contributed by atoms with Gasteiger partial charge in [-0.05, 0) is 139 Å². The van der Waals surface area contributed by atoms with E-state index >= 15 is 0 Å². The molecule has 12 nitrogen and oxygen atoms in total. The summed E-state index contributed by atoms with van der Waals surface area (Å²) in [5.74, 6) is 1.53. The maximum absolute atomic E-state index is 9.69. The van der Waals surface area contributed by atoms with E-state index in [1.54, 1.807) is 0 Å². The lowest BCUT2D eigenvalue weighted by Crippen LogP contribution is -2.07. The molecule has 0 N–H and O–H groups in total. The number of fused-ring (bicyclic) bond motifs is 28. The van der Waals surface area contributed by atoms with E-state index in [0.717, 1.165) is 220 Å². The molecule has 10 heterocycles. The van der Waals surface area contributed by atoms with Gasteiger partial charge in [-0.2, -0.15) is 5.26 Å². The summed E-state index contributed by atoms with van der Waals surface area (Å²) < 4.78 is 35.9. The molecule has 0 aliphatic rings. The van der Waals surface area contributed by atoms with Crippen molar-refractivity contribution in [2.24, 2.45) is 0 Å². The summed E-state index contributed by atoms with van der Waals surface area (Å²) in [6.45, 7) is 7.86. The van der Waals surface area contributed by atoms with Crippen molar-refractivity contribution >= 4 is 181 Å². The van der Waals surface area contributed by atoms with Gasteiger partial charge in [-0.3, -0.25) is 9.13 Å². The third-order valence-electron chi connectivity index (χ3n) is 22.0. The highest BCUT2D eigenvalue weighted by Gasteiger charge is 2.30. The third-order valence-corrected chi connectivity index (χ3v) is 22.0. The molecule has 10 aromatic heterocycles. The number of hydrogen-bond donors (Lipinski definition) is 0. The number of aromatic nitrogens is 6. The molecule has 0 radical (unpaired) electrons. The number of nitrogens with zero attached hydrogens (tertiary/aromatic N) is 8. The Morgan fingerprint density at radius 3 is 0.972 bits per heavy atom. The van der Waals surface area contributed by atoms with Crippen LogP contribution in [0.25, 0.3) is 225 Å². The average molecular weight is 1380 g/mol. The number of para-hydroxylation sites is 8. The van der Waals surface area contributed by atoms with Crippen LogP contribution in [0.15, 0.2) is 333 Å². The van der Waals surface area contributed by atoms with Gasteiger partial charge in [0.15, 0.2) is 17.3 Å². The molecular formula is C96H52N8O4. The lowest BCUT2D eigenvalue weighted by molar-refractivity contribution is 0.672. The number of benzene rings is 14. The lowest BCUT2D eigenvalue weighted by atomic mass is 10.0. The molecular weight excluding hydrogens is 1330 g/mol. The second-order valence-corrected chi connectivity index (χ2v) is 27.6. The Labute approximate surface area is 612 Å². The molecule has 14 aromatic carbocycles.